The van der Waals surface area contributed by atoms with Gasteiger partial charge >= 0.3 is 11.9 Å². The number of aromatic nitrogens is 3. The molecule has 0 radical (unpaired) electrons. The number of carbonyl (C=O) groups is 2. The fraction of sp³-hybridized carbons (Fsp3) is 0.326. The number of rotatable bonds is 13. The van der Waals surface area contributed by atoms with Crippen molar-refractivity contribution in [1.29, 1.82) is 0 Å². The van der Waals surface area contributed by atoms with E-state index in [9.17, 15) is 14.7 Å². The normalized spacial score (nSPS) is 16.3. The average Bonchev–Trinajstić information content (AvgIpc) is 3.98. The summed E-state index contributed by atoms with van der Waals surface area (Å²) in [5.41, 5.74) is 9.52. The number of ether oxygens (including phenoxy) is 1. The Morgan fingerprint density at radius 3 is 2.38 bits per heavy atom. The molecule has 0 spiro atoms. The second-order valence-corrected chi connectivity index (χ2v) is 15.7. The van der Waals surface area contributed by atoms with Gasteiger partial charge in [-0.2, -0.15) is 0 Å². The van der Waals surface area contributed by atoms with Gasteiger partial charge in [0.2, 0.25) is 5.88 Å². The molecule has 0 bridgehead atoms. The number of hydrogen-bond donors (Lipinski definition) is 2. The van der Waals surface area contributed by atoms with Crippen LogP contribution in [0.2, 0.25) is 10.0 Å². The maximum absolute atomic E-state index is 11.7. The molecule has 2 N–H and O–H groups in total. The molecule has 1 saturated carbocycles. The zero-order chi connectivity index (χ0) is 38.1. The van der Waals surface area contributed by atoms with Gasteiger partial charge in [-0.15, -0.1) is 0 Å². The molecule has 4 heterocycles. The highest BCUT2D eigenvalue weighted by atomic mass is 35.5. The molecule has 0 amide bonds. The number of pyridine rings is 1. The molecule has 0 atom stereocenters. The Kier molecular flexibility index (Phi) is 10.6. The van der Waals surface area contributed by atoms with E-state index in [2.05, 4.69) is 51.2 Å². The summed E-state index contributed by atoms with van der Waals surface area (Å²) in [5, 5.41) is 19.7. The zero-order valence-electron chi connectivity index (χ0n) is 30.3. The van der Waals surface area contributed by atoms with Crippen LogP contribution in [-0.4, -0.2) is 73.1 Å². The van der Waals surface area contributed by atoms with Gasteiger partial charge in [-0.1, -0.05) is 77.8 Å². The maximum Gasteiger partial charge on any atom is 0.310 e. The molecular weight excluding hydrogens is 737 g/mol. The van der Waals surface area contributed by atoms with Crippen LogP contribution in [0.3, 0.4) is 0 Å². The number of carboxylic acids is 2. The predicted octanol–water partition coefficient (Wildman–Crippen LogP) is 7.74. The number of carboxylic acid groups (broad SMARTS) is 2. The van der Waals surface area contributed by atoms with Crippen LogP contribution in [0.4, 0.5) is 0 Å². The largest absolute Gasteiger partial charge is 0.481 e. The first-order chi connectivity index (χ1) is 26.6. The van der Waals surface area contributed by atoms with E-state index in [1.54, 1.807) is 0 Å². The van der Waals surface area contributed by atoms with Crippen molar-refractivity contribution in [3.63, 3.8) is 0 Å². The summed E-state index contributed by atoms with van der Waals surface area (Å²) in [6, 6.07) is 22.3. The second kappa shape index (κ2) is 15.7. The molecule has 8 rings (SSSR count). The highest BCUT2D eigenvalue weighted by Crippen LogP contribution is 2.47. The van der Waals surface area contributed by atoms with Crippen LogP contribution in [0.1, 0.15) is 58.3 Å². The fourth-order valence-electron chi connectivity index (χ4n) is 7.68. The summed E-state index contributed by atoms with van der Waals surface area (Å²) < 4.78 is 6.15. The lowest BCUT2D eigenvalue weighted by Gasteiger charge is -2.30. The summed E-state index contributed by atoms with van der Waals surface area (Å²) in [7, 11) is 0. The van der Waals surface area contributed by atoms with Crippen LogP contribution in [-0.2, 0) is 48.5 Å². The summed E-state index contributed by atoms with van der Waals surface area (Å²) in [4.78, 5) is 41.2. The van der Waals surface area contributed by atoms with E-state index in [4.69, 9.17) is 43.0 Å². The number of nitrogens with zero attached hydrogens (tertiary/aromatic N) is 5. The van der Waals surface area contributed by atoms with Crippen molar-refractivity contribution in [2.45, 2.75) is 58.2 Å². The Morgan fingerprint density at radius 1 is 0.836 bits per heavy atom. The molecule has 0 unspecified atom stereocenters. The third kappa shape index (κ3) is 8.23. The lowest BCUT2D eigenvalue weighted by Crippen LogP contribution is -2.38. The van der Waals surface area contributed by atoms with Gasteiger partial charge in [0.05, 0.1) is 22.6 Å². The van der Waals surface area contributed by atoms with Crippen molar-refractivity contribution < 1.29 is 24.5 Å². The van der Waals surface area contributed by atoms with E-state index in [1.807, 2.05) is 42.7 Å². The summed E-state index contributed by atoms with van der Waals surface area (Å²) in [6.07, 6.45) is 7.60. The second-order valence-electron chi connectivity index (χ2n) is 14.9. The first-order valence-electron chi connectivity index (χ1n) is 18.6. The van der Waals surface area contributed by atoms with E-state index in [0.29, 0.717) is 59.9 Å². The Morgan fingerprint density at radius 2 is 1.60 bits per heavy atom. The van der Waals surface area contributed by atoms with E-state index in [1.165, 1.54) is 0 Å². The average molecular weight is 779 g/mol. The molecular formula is C43H41Cl2N5O5. The first-order valence-corrected chi connectivity index (χ1v) is 19.4. The quantitative estimate of drug-likeness (QED) is 0.123. The van der Waals surface area contributed by atoms with Gasteiger partial charge in [-0.05, 0) is 59.6 Å². The molecule has 5 aromatic rings. The van der Waals surface area contributed by atoms with E-state index in [0.717, 1.165) is 89.0 Å². The SMILES string of the molecule is O=C(O)CCN1CCc2cc(OCc3c(Cl)ccc(-c4ccccc4Cc4ccc(-c5ncc6c(n5)CCN(CC5(C(=O)O)CC5)C6)cc4)c3Cl)ncc2C1. The van der Waals surface area contributed by atoms with Crippen molar-refractivity contribution in [3.8, 4) is 28.4 Å². The van der Waals surface area contributed by atoms with Crippen LogP contribution in [0.15, 0.2) is 79.1 Å². The Balaban J connectivity index is 0.932. The van der Waals surface area contributed by atoms with Crippen LogP contribution in [0, 0.1) is 5.41 Å². The molecule has 3 aromatic carbocycles. The summed E-state index contributed by atoms with van der Waals surface area (Å²) >= 11 is 13.8. The molecule has 12 heteroatoms. The van der Waals surface area contributed by atoms with Crippen LogP contribution < -0.4 is 4.74 Å². The highest BCUT2D eigenvalue weighted by molar-refractivity contribution is 6.37. The van der Waals surface area contributed by atoms with Gasteiger partial charge in [0.1, 0.15) is 6.61 Å². The van der Waals surface area contributed by atoms with E-state index in [-0.39, 0.29) is 13.0 Å². The zero-order valence-corrected chi connectivity index (χ0v) is 31.8. The topological polar surface area (TPSA) is 129 Å². The molecule has 282 valence electrons. The van der Waals surface area contributed by atoms with Crippen LogP contribution in [0.25, 0.3) is 22.5 Å². The van der Waals surface area contributed by atoms with Crippen molar-refractivity contribution >= 4 is 35.1 Å². The lowest BCUT2D eigenvalue weighted by atomic mass is 9.93. The number of halogens is 2. The molecule has 2 aromatic heterocycles. The molecule has 3 aliphatic rings. The fourth-order valence-corrected chi connectivity index (χ4v) is 8.26. The summed E-state index contributed by atoms with van der Waals surface area (Å²) in [5.74, 6) is -0.297. The molecule has 2 aliphatic heterocycles. The molecule has 1 fully saturated rings. The Bertz CT molecular complexity index is 2260. The summed E-state index contributed by atoms with van der Waals surface area (Å²) in [6.45, 7) is 4.19. The number of benzene rings is 3. The molecule has 1 aliphatic carbocycles. The van der Waals surface area contributed by atoms with Gasteiger partial charge in [-0.3, -0.25) is 19.4 Å². The van der Waals surface area contributed by atoms with Crippen molar-refractivity contribution in [2.75, 3.05) is 26.2 Å². The first kappa shape index (κ1) is 37.1. The molecule has 0 saturated heterocycles. The minimum atomic E-state index is -0.792. The van der Waals surface area contributed by atoms with Crippen molar-refractivity contribution in [3.05, 3.63) is 128 Å². The minimum Gasteiger partial charge on any atom is -0.481 e. The van der Waals surface area contributed by atoms with Crippen LogP contribution in [0.5, 0.6) is 5.88 Å². The van der Waals surface area contributed by atoms with Crippen LogP contribution >= 0.6 is 23.2 Å². The van der Waals surface area contributed by atoms with Gasteiger partial charge < -0.3 is 14.9 Å². The Hall–Kier alpha value is -4.87. The Labute approximate surface area is 329 Å². The number of fused-ring (bicyclic) bond motifs is 2. The monoisotopic (exact) mass is 777 g/mol. The van der Waals surface area contributed by atoms with Crippen molar-refractivity contribution in [2.24, 2.45) is 5.41 Å². The third-order valence-electron chi connectivity index (χ3n) is 11.1. The van der Waals surface area contributed by atoms with Gasteiger partial charge in [0.25, 0.3) is 0 Å². The van der Waals surface area contributed by atoms with Crippen molar-refractivity contribution in [1.82, 2.24) is 24.8 Å². The lowest BCUT2D eigenvalue weighted by molar-refractivity contribution is -0.144. The van der Waals surface area contributed by atoms with E-state index < -0.39 is 17.4 Å². The number of aliphatic carboxylic acids is 2. The third-order valence-corrected chi connectivity index (χ3v) is 11.9. The molecule has 10 nitrogen and oxygen atoms in total. The standard InChI is InChI=1S/C43H41Cl2N5O5/c44-36-10-9-34(40(45)35(36)25-55-38-20-29-11-16-49(18-13-39(51)52)23-31(29)21-46-38)33-4-2-1-3-30(33)19-27-5-7-28(8-6-27)41-47-22-32-24-50(17-12-37(32)48-41)26-43(14-15-43)42(53)54/h1-10,20-22H,11-19,23-26H2,(H,51,52)(H,53,54). The highest BCUT2D eigenvalue weighted by Gasteiger charge is 2.51. The van der Waals surface area contributed by atoms with E-state index >= 15 is 0 Å². The van der Waals surface area contributed by atoms with Gasteiger partial charge in [0.15, 0.2) is 5.82 Å². The van der Waals surface area contributed by atoms with Gasteiger partial charge in [-0.25, -0.2) is 15.0 Å². The predicted molar refractivity (Wildman–Crippen MR) is 210 cm³/mol. The maximum atomic E-state index is 11.7. The van der Waals surface area contributed by atoms with Gasteiger partial charge in [0, 0.05) is 91.4 Å². The number of hydrogen-bond acceptors (Lipinski definition) is 8. The smallest absolute Gasteiger partial charge is 0.310 e. The molecule has 55 heavy (non-hydrogen) atoms. The minimum absolute atomic E-state index is 0.121.